The molecule has 0 amide bonds. The Balaban J connectivity index is 1.92. The molecule has 0 atom stereocenters. The second-order valence-electron chi connectivity index (χ2n) is 3.94. The van der Waals surface area contributed by atoms with Crippen LogP contribution >= 0.6 is 27.3 Å². The van der Waals surface area contributed by atoms with Crippen molar-refractivity contribution in [2.75, 3.05) is 0 Å². The highest BCUT2D eigenvalue weighted by atomic mass is 79.9. The minimum Gasteiger partial charge on any atom is -0.308 e. The van der Waals surface area contributed by atoms with E-state index in [1.54, 1.807) is 11.3 Å². The molecule has 0 unspecified atom stereocenters. The van der Waals surface area contributed by atoms with Gasteiger partial charge in [0.25, 0.3) is 0 Å². The Kier molecular flexibility index (Phi) is 4.31. The summed E-state index contributed by atoms with van der Waals surface area (Å²) in [7, 11) is 0. The van der Waals surface area contributed by atoms with Crippen LogP contribution in [-0.4, -0.2) is 4.98 Å². The summed E-state index contributed by atoms with van der Waals surface area (Å²) in [5, 5.41) is 4.59. The molecule has 90 valence electrons. The maximum atomic E-state index is 4.42. The van der Waals surface area contributed by atoms with E-state index in [1.807, 2.05) is 6.07 Å². The number of hydrogen-bond donors (Lipinski definition) is 1. The Morgan fingerprint density at radius 1 is 1.24 bits per heavy atom. The summed E-state index contributed by atoms with van der Waals surface area (Å²) in [4.78, 5) is 5.75. The lowest BCUT2D eigenvalue weighted by Crippen LogP contribution is -2.12. The quantitative estimate of drug-likeness (QED) is 0.928. The molecule has 2 nitrogen and oxygen atoms in total. The smallest absolute Gasteiger partial charge is 0.0900 e. The fourth-order valence-electron chi connectivity index (χ4n) is 1.69. The van der Waals surface area contributed by atoms with Crippen LogP contribution in [0.1, 0.15) is 21.1 Å². The fraction of sp³-hybridized carbons (Fsp3) is 0.308. The predicted molar refractivity (Wildman–Crippen MR) is 76.3 cm³/mol. The van der Waals surface area contributed by atoms with Crippen LogP contribution < -0.4 is 5.32 Å². The Hall–Kier alpha value is -0.710. The average molecular weight is 311 g/mol. The molecule has 4 heteroatoms. The van der Waals surface area contributed by atoms with Gasteiger partial charge in [-0.25, -0.2) is 4.98 Å². The molecule has 0 fully saturated rings. The molecule has 0 spiro atoms. The molecule has 1 aromatic heterocycles. The van der Waals surface area contributed by atoms with Gasteiger partial charge in [-0.1, -0.05) is 34.1 Å². The van der Waals surface area contributed by atoms with E-state index in [0.717, 1.165) is 28.3 Å². The van der Waals surface area contributed by atoms with Crippen molar-refractivity contribution >= 4 is 27.3 Å². The number of hydrogen-bond acceptors (Lipinski definition) is 3. The first-order valence-corrected chi connectivity index (χ1v) is 7.15. The van der Waals surface area contributed by atoms with Gasteiger partial charge in [0.1, 0.15) is 0 Å². The molecule has 1 N–H and O–H groups in total. The van der Waals surface area contributed by atoms with E-state index >= 15 is 0 Å². The zero-order chi connectivity index (χ0) is 12.3. The van der Waals surface area contributed by atoms with E-state index < -0.39 is 0 Å². The van der Waals surface area contributed by atoms with E-state index in [-0.39, 0.29) is 0 Å². The maximum Gasteiger partial charge on any atom is 0.0900 e. The SMILES string of the molecule is Cc1nc(C)c(CNCc2ccccc2Br)s1. The lowest BCUT2D eigenvalue weighted by atomic mass is 10.2. The highest BCUT2D eigenvalue weighted by Gasteiger charge is 2.04. The van der Waals surface area contributed by atoms with Gasteiger partial charge < -0.3 is 5.32 Å². The zero-order valence-corrected chi connectivity index (χ0v) is 12.4. The number of nitrogens with one attached hydrogen (secondary N) is 1. The summed E-state index contributed by atoms with van der Waals surface area (Å²) in [6.07, 6.45) is 0. The standard InChI is InChI=1S/C13H15BrN2S/c1-9-13(17-10(2)16-9)8-15-7-11-5-3-4-6-12(11)14/h3-6,15H,7-8H2,1-2H3. The van der Waals surface area contributed by atoms with Crippen molar-refractivity contribution < 1.29 is 0 Å². The van der Waals surface area contributed by atoms with Crippen molar-refractivity contribution in [2.45, 2.75) is 26.9 Å². The normalized spacial score (nSPS) is 10.8. The van der Waals surface area contributed by atoms with Gasteiger partial charge in [0.2, 0.25) is 0 Å². The number of aryl methyl sites for hydroxylation is 2. The summed E-state index contributed by atoms with van der Waals surface area (Å²) >= 11 is 5.32. The molecule has 0 aliphatic rings. The van der Waals surface area contributed by atoms with Crippen molar-refractivity contribution in [1.29, 1.82) is 0 Å². The molecule has 0 bridgehead atoms. The highest BCUT2D eigenvalue weighted by molar-refractivity contribution is 9.10. The number of rotatable bonds is 4. The van der Waals surface area contributed by atoms with Gasteiger partial charge in [0.15, 0.2) is 0 Å². The summed E-state index contributed by atoms with van der Waals surface area (Å²) in [5.41, 5.74) is 2.43. The number of halogens is 1. The Bertz CT molecular complexity index is 508. The molecule has 2 aromatic rings. The van der Waals surface area contributed by atoms with E-state index in [2.05, 4.69) is 58.3 Å². The summed E-state index contributed by atoms with van der Waals surface area (Å²) in [6, 6.07) is 8.29. The van der Waals surface area contributed by atoms with Crippen molar-refractivity contribution in [3.05, 3.63) is 49.9 Å². The first kappa shape index (κ1) is 12.7. The van der Waals surface area contributed by atoms with E-state index in [1.165, 1.54) is 10.4 Å². The van der Waals surface area contributed by atoms with Crippen LogP contribution in [0.5, 0.6) is 0 Å². The van der Waals surface area contributed by atoms with Crippen molar-refractivity contribution in [3.63, 3.8) is 0 Å². The van der Waals surface area contributed by atoms with Gasteiger partial charge in [-0.05, 0) is 25.5 Å². The van der Waals surface area contributed by atoms with Gasteiger partial charge in [0.05, 0.1) is 10.7 Å². The van der Waals surface area contributed by atoms with Crippen LogP contribution in [0.15, 0.2) is 28.7 Å². The number of benzene rings is 1. The molecular weight excluding hydrogens is 296 g/mol. The molecule has 0 aliphatic carbocycles. The Morgan fingerprint density at radius 2 is 2.00 bits per heavy atom. The molecule has 2 rings (SSSR count). The number of aromatic nitrogens is 1. The van der Waals surface area contributed by atoms with Crippen LogP contribution in [-0.2, 0) is 13.1 Å². The van der Waals surface area contributed by atoms with Crippen molar-refractivity contribution in [2.24, 2.45) is 0 Å². The van der Waals surface area contributed by atoms with Gasteiger partial charge >= 0.3 is 0 Å². The van der Waals surface area contributed by atoms with Crippen LogP contribution in [0.25, 0.3) is 0 Å². The summed E-state index contributed by atoms with van der Waals surface area (Å²) in [5.74, 6) is 0. The van der Waals surface area contributed by atoms with Crippen LogP contribution in [0.4, 0.5) is 0 Å². The summed E-state index contributed by atoms with van der Waals surface area (Å²) < 4.78 is 1.16. The van der Waals surface area contributed by atoms with Crippen LogP contribution in [0.3, 0.4) is 0 Å². The van der Waals surface area contributed by atoms with Crippen LogP contribution in [0, 0.1) is 13.8 Å². The molecule has 1 heterocycles. The maximum absolute atomic E-state index is 4.42. The fourth-order valence-corrected chi connectivity index (χ4v) is 3.02. The lowest BCUT2D eigenvalue weighted by molar-refractivity contribution is 0.695. The van der Waals surface area contributed by atoms with Gasteiger partial charge in [-0.3, -0.25) is 0 Å². The molecule has 0 saturated carbocycles. The van der Waals surface area contributed by atoms with Crippen molar-refractivity contribution in [3.8, 4) is 0 Å². The van der Waals surface area contributed by atoms with E-state index in [9.17, 15) is 0 Å². The van der Waals surface area contributed by atoms with Gasteiger partial charge in [-0.2, -0.15) is 0 Å². The highest BCUT2D eigenvalue weighted by Crippen LogP contribution is 2.18. The largest absolute Gasteiger partial charge is 0.308 e. The first-order chi connectivity index (χ1) is 8.16. The minimum absolute atomic E-state index is 0.873. The Labute approximate surface area is 114 Å². The molecule has 0 saturated heterocycles. The van der Waals surface area contributed by atoms with Gasteiger partial charge in [-0.15, -0.1) is 11.3 Å². The van der Waals surface area contributed by atoms with Gasteiger partial charge in [0, 0.05) is 22.4 Å². The second kappa shape index (κ2) is 5.76. The van der Waals surface area contributed by atoms with Crippen molar-refractivity contribution in [1.82, 2.24) is 10.3 Å². The van der Waals surface area contributed by atoms with Crippen LogP contribution in [0.2, 0.25) is 0 Å². The second-order valence-corrected chi connectivity index (χ2v) is 6.08. The molecule has 1 aromatic carbocycles. The number of thiazole rings is 1. The molecule has 0 aliphatic heterocycles. The Morgan fingerprint density at radius 3 is 2.65 bits per heavy atom. The monoisotopic (exact) mass is 310 g/mol. The first-order valence-electron chi connectivity index (χ1n) is 5.54. The third-order valence-corrected chi connectivity index (χ3v) is 4.40. The van der Waals surface area contributed by atoms with E-state index in [0.29, 0.717) is 0 Å². The molecule has 17 heavy (non-hydrogen) atoms. The zero-order valence-electron chi connectivity index (χ0n) is 9.96. The lowest BCUT2D eigenvalue weighted by Gasteiger charge is -2.05. The molecule has 0 radical (unpaired) electrons. The number of nitrogens with zero attached hydrogens (tertiary/aromatic N) is 1. The third kappa shape index (κ3) is 3.37. The molecular formula is C13H15BrN2S. The van der Waals surface area contributed by atoms with E-state index in [4.69, 9.17) is 0 Å². The summed E-state index contributed by atoms with van der Waals surface area (Å²) in [6.45, 7) is 5.88. The average Bonchev–Trinajstić information content (AvgIpc) is 2.60. The minimum atomic E-state index is 0.873. The predicted octanol–water partition coefficient (Wildman–Crippen LogP) is 3.81. The third-order valence-electron chi connectivity index (χ3n) is 2.56. The topological polar surface area (TPSA) is 24.9 Å².